The number of hydrogen-bond acceptors (Lipinski definition) is 3. The molecule has 0 saturated carbocycles. The Morgan fingerprint density at radius 2 is 2.13 bits per heavy atom. The molecule has 0 radical (unpaired) electrons. The summed E-state index contributed by atoms with van der Waals surface area (Å²) < 4.78 is 22.6. The Kier molecular flexibility index (Phi) is 4.45. The summed E-state index contributed by atoms with van der Waals surface area (Å²) in [5, 5.41) is 5.28. The van der Waals surface area contributed by atoms with Gasteiger partial charge in [-0.05, 0) is 24.3 Å². The molecule has 0 unspecified atom stereocenters. The molecule has 2 N–H and O–H groups in total. The molecule has 1 aromatic rings. The lowest BCUT2D eigenvalue weighted by Gasteiger charge is -2.08. The first-order chi connectivity index (χ1) is 6.96. The molecule has 0 aliphatic rings. The van der Waals surface area contributed by atoms with Gasteiger partial charge in [-0.3, -0.25) is 0 Å². The summed E-state index contributed by atoms with van der Waals surface area (Å²) in [5.74, 6) is 0.836. The van der Waals surface area contributed by atoms with Crippen molar-refractivity contribution in [1.82, 2.24) is 0 Å². The quantitative estimate of drug-likeness (QED) is 0.851. The number of thioether (sulfide) groups is 1. The molecular formula is C9H12ClNO2S2. The minimum Gasteiger partial charge on any atom is -0.225 e. The largest absolute Gasteiger partial charge is 0.240 e. The van der Waals surface area contributed by atoms with Crippen molar-refractivity contribution in [3.8, 4) is 0 Å². The van der Waals surface area contributed by atoms with E-state index in [1.165, 1.54) is 17.8 Å². The summed E-state index contributed by atoms with van der Waals surface area (Å²) in [7, 11) is -3.75. The molecule has 0 heterocycles. The maximum atomic E-state index is 11.3. The zero-order valence-electron chi connectivity index (χ0n) is 8.23. The average Bonchev–Trinajstić information content (AvgIpc) is 2.12. The summed E-state index contributed by atoms with van der Waals surface area (Å²) in [6.07, 6.45) is 0.960. The fraction of sp³-hybridized carbons (Fsp3) is 0.333. The molecule has 0 atom stereocenters. The van der Waals surface area contributed by atoms with Gasteiger partial charge in [0.05, 0.1) is 5.02 Å². The molecule has 0 aliphatic heterocycles. The van der Waals surface area contributed by atoms with Gasteiger partial charge in [0, 0.05) is 4.90 Å². The highest BCUT2D eigenvalue weighted by Crippen LogP contribution is 2.31. The molecule has 1 aromatic carbocycles. The van der Waals surface area contributed by atoms with Gasteiger partial charge in [0.1, 0.15) is 4.90 Å². The van der Waals surface area contributed by atoms with Crippen LogP contribution in [0.1, 0.15) is 13.3 Å². The second-order valence-corrected chi connectivity index (χ2v) is 6.00. The van der Waals surface area contributed by atoms with Crippen molar-refractivity contribution in [3.05, 3.63) is 23.2 Å². The predicted molar refractivity (Wildman–Crippen MR) is 63.8 cm³/mol. The molecule has 6 heteroatoms. The minimum absolute atomic E-state index is 0.0325. The van der Waals surface area contributed by atoms with Crippen molar-refractivity contribution in [2.45, 2.75) is 23.1 Å². The monoisotopic (exact) mass is 265 g/mol. The van der Waals surface area contributed by atoms with E-state index in [1.54, 1.807) is 12.1 Å². The number of sulfonamides is 1. The molecule has 0 saturated heterocycles. The number of primary sulfonamides is 1. The maximum Gasteiger partial charge on any atom is 0.240 e. The third kappa shape index (κ3) is 3.38. The van der Waals surface area contributed by atoms with Gasteiger partial charge in [0.25, 0.3) is 0 Å². The van der Waals surface area contributed by atoms with E-state index in [4.69, 9.17) is 16.7 Å². The van der Waals surface area contributed by atoms with Crippen LogP contribution in [0, 0.1) is 0 Å². The van der Waals surface area contributed by atoms with Gasteiger partial charge in [0.2, 0.25) is 10.0 Å². The van der Waals surface area contributed by atoms with Crippen LogP contribution in [0.5, 0.6) is 0 Å². The van der Waals surface area contributed by atoms with Gasteiger partial charge in [-0.2, -0.15) is 0 Å². The normalized spacial score (nSPS) is 11.7. The van der Waals surface area contributed by atoms with Crippen LogP contribution in [-0.2, 0) is 10.0 Å². The third-order valence-electron chi connectivity index (χ3n) is 1.68. The standard InChI is InChI=1S/C9H12ClNO2S2/c1-2-6-14-8-5-3-4-7(10)9(8)15(11,12)13/h3-5H,2,6H2,1H3,(H2,11,12,13). The zero-order chi connectivity index (χ0) is 11.5. The molecule has 15 heavy (non-hydrogen) atoms. The van der Waals surface area contributed by atoms with Crippen LogP contribution in [0.2, 0.25) is 5.02 Å². The van der Waals surface area contributed by atoms with Crippen LogP contribution in [0.25, 0.3) is 0 Å². The van der Waals surface area contributed by atoms with Crippen LogP contribution >= 0.6 is 23.4 Å². The minimum atomic E-state index is -3.75. The summed E-state index contributed by atoms with van der Waals surface area (Å²) in [6.45, 7) is 2.02. The Morgan fingerprint density at radius 3 is 2.67 bits per heavy atom. The maximum absolute atomic E-state index is 11.3. The van der Waals surface area contributed by atoms with Crippen molar-refractivity contribution in [2.75, 3.05) is 5.75 Å². The van der Waals surface area contributed by atoms with Crippen molar-refractivity contribution in [2.24, 2.45) is 5.14 Å². The Balaban J connectivity index is 3.21. The van der Waals surface area contributed by atoms with Gasteiger partial charge in [-0.1, -0.05) is 24.6 Å². The van der Waals surface area contributed by atoms with Gasteiger partial charge in [0.15, 0.2) is 0 Å². The molecule has 0 amide bonds. The molecule has 84 valence electrons. The van der Waals surface area contributed by atoms with E-state index in [0.29, 0.717) is 4.90 Å². The molecule has 0 spiro atoms. The predicted octanol–water partition coefficient (Wildman–Crippen LogP) is 2.49. The molecule has 0 fully saturated rings. The molecule has 0 aromatic heterocycles. The topological polar surface area (TPSA) is 60.2 Å². The highest BCUT2D eigenvalue weighted by molar-refractivity contribution is 8.00. The summed E-state index contributed by atoms with van der Waals surface area (Å²) in [4.78, 5) is 0.650. The van der Waals surface area contributed by atoms with Crippen molar-refractivity contribution in [3.63, 3.8) is 0 Å². The van der Waals surface area contributed by atoms with Crippen LogP contribution in [0.3, 0.4) is 0 Å². The molecule has 1 rings (SSSR count). The first-order valence-corrected chi connectivity index (χ1v) is 7.32. The lowest BCUT2D eigenvalue weighted by molar-refractivity contribution is 0.596. The average molecular weight is 266 g/mol. The van der Waals surface area contributed by atoms with E-state index in [9.17, 15) is 8.42 Å². The lowest BCUT2D eigenvalue weighted by atomic mass is 10.4. The van der Waals surface area contributed by atoms with E-state index in [0.717, 1.165) is 12.2 Å². The van der Waals surface area contributed by atoms with Crippen molar-refractivity contribution in [1.29, 1.82) is 0 Å². The van der Waals surface area contributed by atoms with Gasteiger partial charge in [-0.15, -0.1) is 11.8 Å². The highest BCUT2D eigenvalue weighted by atomic mass is 35.5. The van der Waals surface area contributed by atoms with Crippen LogP contribution in [0.15, 0.2) is 28.0 Å². The number of nitrogens with two attached hydrogens (primary N) is 1. The SMILES string of the molecule is CCCSc1cccc(Cl)c1S(N)(=O)=O. The number of benzene rings is 1. The highest BCUT2D eigenvalue weighted by Gasteiger charge is 2.17. The van der Waals surface area contributed by atoms with E-state index >= 15 is 0 Å². The molecule has 3 nitrogen and oxygen atoms in total. The van der Waals surface area contributed by atoms with Crippen molar-refractivity contribution < 1.29 is 8.42 Å². The van der Waals surface area contributed by atoms with Crippen LogP contribution in [0.4, 0.5) is 0 Å². The Hall–Kier alpha value is -0.230. The summed E-state index contributed by atoms with van der Waals surface area (Å²) in [5.41, 5.74) is 0. The fourth-order valence-corrected chi connectivity index (χ4v) is 3.70. The zero-order valence-corrected chi connectivity index (χ0v) is 10.6. The van der Waals surface area contributed by atoms with E-state index < -0.39 is 10.0 Å². The molecular weight excluding hydrogens is 254 g/mol. The second-order valence-electron chi connectivity index (χ2n) is 2.96. The number of hydrogen-bond donors (Lipinski definition) is 1. The van der Waals surface area contributed by atoms with E-state index in [-0.39, 0.29) is 9.92 Å². The number of rotatable bonds is 4. The number of halogens is 1. The fourth-order valence-electron chi connectivity index (χ4n) is 1.09. The third-order valence-corrected chi connectivity index (χ3v) is 4.51. The Morgan fingerprint density at radius 1 is 1.47 bits per heavy atom. The van der Waals surface area contributed by atoms with Gasteiger partial charge in [-0.25, -0.2) is 13.6 Å². The lowest BCUT2D eigenvalue weighted by Crippen LogP contribution is -2.14. The second kappa shape index (κ2) is 5.21. The Bertz CT molecular complexity index is 445. The van der Waals surface area contributed by atoms with Crippen LogP contribution in [-0.4, -0.2) is 14.2 Å². The first-order valence-electron chi connectivity index (χ1n) is 4.41. The van der Waals surface area contributed by atoms with Gasteiger partial charge < -0.3 is 0 Å². The molecule has 0 bridgehead atoms. The van der Waals surface area contributed by atoms with E-state index in [2.05, 4.69) is 0 Å². The van der Waals surface area contributed by atoms with Gasteiger partial charge >= 0.3 is 0 Å². The van der Waals surface area contributed by atoms with E-state index in [1.807, 2.05) is 6.92 Å². The molecule has 0 aliphatic carbocycles. The van der Waals surface area contributed by atoms with Crippen LogP contribution < -0.4 is 5.14 Å². The Labute approximate surface area is 99.1 Å². The smallest absolute Gasteiger partial charge is 0.225 e. The van der Waals surface area contributed by atoms with Crippen molar-refractivity contribution >= 4 is 33.4 Å². The first kappa shape index (κ1) is 12.8. The summed E-state index contributed by atoms with van der Waals surface area (Å²) in [6, 6.07) is 4.96. The summed E-state index contributed by atoms with van der Waals surface area (Å²) >= 11 is 7.26.